The molecule has 1 fully saturated rings. The van der Waals surface area contributed by atoms with E-state index in [1.54, 1.807) is 0 Å². The molecule has 23 heavy (non-hydrogen) atoms. The van der Waals surface area contributed by atoms with Crippen molar-refractivity contribution in [3.63, 3.8) is 0 Å². The van der Waals surface area contributed by atoms with E-state index in [1.165, 1.54) is 6.33 Å². The van der Waals surface area contributed by atoms with Crippen LogP contribution in [0.15, 0.2) is 10.8 Å². The third-order valence-corrected chi connectivity index (χ3v) is 5.14. The predicted molar refractivity (Wildman–Crippen MR) is 91.2 cm³/mol. The Labute approximate surface area is 143 Å². The molecule has 1 aliphatic heterocycles. The summed E-state index contributed by atoms with van der Waals surface area (Å²) in [6.45, 7) is 5.99. The monoisotopic (exact) mass is 383 g/mol. The third kappa shape index (κ3) is 3.35. The Kier molecular flexibility index (Phi) is 5.15. The minimum atomic E-state index is -0.388. The second kappa shape index (κ2) is 7.12. The minimum Gasteiger partial charge on any atom is -0.393 e. The van der Waals surface area contributed by atoms with E-state index in [9.17, 15) is 5.11 Å². The van der Waals surface area contributed by atoms with E-state index >= 15 is 0 Å². The van der Waals surface area contributed by atoms with Crippen LogP contribution in [0, 0.1) is 0 Å². The van der Waals surface area contributed by atoms with Crippen molar-refractivity contribution >= 4 is 27.3 Å². The van der Waals surface area contributed by atoms with Crippen LogP contribution in [-0.4, -0.2) is 57.0 Å². The number of ether oxygens (including phenoxy) is 1. The zero-order valence-corrected chi connectivity index (χ0v) is 14.8. The van der Waals surface area contributed by atoms with Crippen molar-refractivity contribution in [3.05, 3.63) is 22.1 Å². The van der Waals surface area contributed by atoms with Gasteiger partial charge < -0.3 is 15.6 Å². The first-order chi connectivity index (χ1) is 11.1. The summed E-state index contributed by atoms with van der Waals surface area (Å²) in [7, 11) is 0. The number of anilines is 1. The highest BCUT2D eigenvalue weighted by atomic mass is 79.9. The number of nitrogens with two attached hydrogens (primary N) is 1. The quantitative estimate of drug-likeness (QED) is 0.806. The fraction of sp³-hybridized carbons (Fsp3) is 0.600. The molecule has 8 heteroatoms. The van der Waals surface area contributed by atoms with E-state index in [1.807, 2.05) is 11.4 Å². The number of morpholine rings is 1. The molecule has 0 spiro atoms. The Bertz CT molecular complexity index is 684. The number of nitrogen functional groups attached to an aromatic ring is 1. The Morgan fingerprint density at radius 3 is 2.87 bits per heavy atom. The average molecular weight is 384 g/mol. The Balaban J connectivity index is 2.04. The van der Waals surface area contributed by atoms with Crippen LogP contribution < -0.4 is 5.73 Å². The molecule has 126 valence electrons. The van der Waals surface area contributed by atoms with Crippen LogP contribution in [0.4, 0.5) is 5.82 Å². The number of aromatic nitrogens is 3. The SMILES string of the molecule is CCC(O)Cc1c(Br)c2c(N)ncnn2c1CN1CCOCC1. The summed E-state index contributed by atoms with van der Waals surface area (Å²) in [5, 5.41) is 14.5. The highest BCUT2D eigenvalue weighted by Gasteiger charge is 2.23. The molecule has 3 rings (SSSR count). The zero-order valence-electron chi connectivity index (χ0n) is 13.2. The molecule has 1 aliphatic rings. The largest absolute Gasteiger partial charge is 0.393 e. The van der Waals surface area contributed by atoms with Crippen LogP contribution >= 0.6 is 15.9 Å². The number of nitrogens with zero attached hydrogens (tertiary/aromatic N) is 4. The van der Waals surface area contributed by atoms with Crippen molar-refractivity contribution in [1.29, 1.82) is 0 Å². The molecule has 0 saturated carbocycles. The van der Waals surface area contributed by atoms with Gasteiger partial charge in [0.2, 0.25) is 0 Å². The Hall–Kier alpha value is -1.22. The number of hydrogen-bond donors (Lipinski definition) is 2. The molecule has 0 bridgehead atoms. The van der Waals surface area contributed by atoms with Gasteiger partial charge in [-0.1, -0.05) is 6.92 Å². The van der Waals surface area contributed by atoms with Gasteiger partial charge in [-0.25, -0.2) is 9.50 Å². The van der Waals surface area contributed by atoms with Crippen molar-refractivity contribution in [2.45, 2.75) is 32.4 Å². The number of halogens is 1. The van der Waals surface area contributed by atoms with Gasteiger partial charge in [-0.3, -0.25) is 4.90 Å². The zero-order chi connectivity index (χ0) is 16.4. The fourth-order valence-corrected chi connectivity index (χ4v) is 3.66. The smallest absolute Gasteiger partial charge is 0.152 e. The van der Waals surface area contributed by atoms with Crippen LogP contribution in [0.5, 0.6) is 0 Å². The van der Waals surface area contributed by atoms with Gasteiger partial charge in [0.1, 0.15) is 11.8 Å². The topological polar surface area (TPSA) is 88.9 Å². The van der Waals surface area contributed by atoms with Gasteiger partial charge in [-0.15, -0.1) is 0 Å². The molecule has 0 radical (unpaired) electrons. The molecule has 1 atom stereocenters. The summed E-state index contributed by atoms with van der Waals surface area (Å²) >= 11 is 3.64. The van der Waals surface area contributed by atoms with Gasteiger partial charge in [0, 0.05) is 26.1 Å². The van der Waals surface area contributed by atoms with Crippen LogP contribution in [0.1, 0.15) is 24.6 Å². The van der Waals surface area contributed by atoms with Crippen LogP contribution in [0.25, 0.3) is 5.52 Å². The lowest BCUT2D eigenvalue weighted by atomic mass is 10.1. The summed E-state index contributed by atoms with van der Waals surface area (Å²) in [5.41, 5.74) is 8.91. The number of hydrogen-bond acceptors (Lipinski definition) is 6. The predicted octanol–water partition coefficient (Wildman–Crippen LogP) is 1.22. The maximum absolute atomic E-state index is 10.1. The van der Waals surface area contributed by atoms with Crippen LogP contribution in [0.2, 0.25) is 0 Å². The van der Waals surface area contributed by atoms with Crippen LogP contribution in [-0.2, 0) is 17.7 Å². The van der Waals surface area contributed by atoms with E-state index in [4.69, 9.17) is 10.5 Å². The van der Waals surface area contributed by atoms with Crippen molar-refractivity contribution < 1.29 is 9.84 Å². The second-order valence-electron chi connectivity index (χ2n) is 5.80. The lowest BCUT2D eigenvalue weighted by Gasteiger charge is -2.27. The van der Waals surface area contributed by atoms with Crippen LogP contribution in [0.3, 0.4) is 0 Å². The third-order valence-electron chi connectivity index (χ3n) is 4.28. The maximum Gasteiger partial charge on any atom is 0.152 e. The molecule has 0 amide bonds. The molecule has 0 aromatic carbocycles. The number of aliphatic hydroxyl groups is 1. The van der Waals surface area contributed by atoms with Gasteiger partial charge in [0.05, 0.1) is 29.5 Å². The molecule has 3 heterocycles. The molecule has 1 saturated heterocycles. The molecule has 1 unspecified atom stereocenters. The molecule has 2 aromatic heterocycles. The Morgan fingerprint density at radius 2 is 2.17 bits per heavy atom. The summed E-state index contributed by atoms with van der Waals surface area (Å²) in [6.07, 6.45) is 2.36. The lowest BCUT2D eigenvalue weighted by molar-refractivity contribution is 0.0332. The molecule has 3 N–H and O–H groups in total. The van der Waals surface area contributed by atoms with Gasteiger partial charge in [-0.2, -0.15) is 5.10 Å². The molecule has 0 aliphatic carbocycles. The average Bonchev–Trinajstić information content (AvgIpc) is 2.82. The van der Waals surface area contributed by atoms with Gasteiger partial charge in [0.25, 0.3) is 0 Å². The Morgan fingerprint density at radius 1 is 1.43 bits per heavy atom. The second-order valence-corrected chi connectivity index (χ2v) is 6.59. The van der Waals surface area contributed by atoms with E-state index < -0.39 is 0 Å². The first kappa shape index (κ1) is 16.6. The van der Waals surface area contributed by atoms with Crippen molar-refractivity contribution in [2.75, 3.05) is 32.0 Å². The van der Waals surface area contributed by atoms with E-state index in [2.05, 4.69) is 30.9 Å². The molecule has 2 aromatic rings. The summed E-state index contributed by atoms with van der Waals surface area (Å²) in [6, 6.07) is 0. The van der Waals surface area contributed by atoms with Gasteiger partial charge in [0.15, 0.2) is 5.82 Å². The number of rotatable bonds is 5. The van der Waals surface area contributed by atoms with Crippen molar-refractivity contribution in [3.8, 4) is 0 Å². The van der Waals surface area contributed by atoms with Gasteiger partial charge in [-0.05, 0) is 27.9 Å². The molecular weight excluding hydrogens is 362 g/mol. The molecular formula is C15H22BrN5O2. The highest BCUT2D eigenvalue weighted by molar-refractivity contribution is 9.10. The maximum atomic E-state index is 10.1. The summed E-state index contributed by atoms with van der Waals surface area (Å²) < 4.78 is 8.15. The van der Waals surface area contributed by atoms with E-state index in [0.717, 1.165) is 54.1 Å². The van der Waals surface area contributed by atoms with Gasteiger partial charge >= 0.3 is 0 Å². The first-order valence-corrected chi connectivity index (χ1v) is 8.67. The van der Waals surface area contributed by atoms with Crippen molar-refractivity contribution in [1.82, 2.24) is 19.5 Å². The summed E-state index contributed by atoms with van der Waals surface area (Å²) in [4.78, 5) is 6.42. The standard InChI is InChI=1S/C15H22BrN5O2/c1-2-10(22)7-11-12(8-20-3-5-23-6-4-20)21-14(13(11)16)15(17)18-9-19-21/h9-10,22H,2-8H2,1H3,(H2,17,18,19). The summed E-state index contributed by atoms with van der Waals surface area (Å²) in [5.74, 6) is 0.437. The minimum absolute atomic E-state index is 0.388. The number of aliphatic hydroxyl groups excluding tert-OH is 1. The fourth-order valence-electron chi connectivity index (χ4n) is 2.90. The van der Waals surface area contributed by atoms with Crippen molar-refractivity contribution in [2.24, 2.45) is 0 Å². The normalized spacial score (nSPS) is 17.7. The first-order valence-electron chi connectivity index (χ1n) is 7.88. The number of fused-ring (bicyclic) bond motifs is 1. The van der Waals surface area contributed by atoms with E-state index in [-0.39, 0.29) is 6.10 Å². The van der Waals surface area contributed by atoms with E-state index in [0.29, 0.717) is 18.7 Å². The lowest BCUT2D eigenvalue weighted by Crippen LogP contribution is -2.36. The highest BCUT2D eigenvalue weighted by Crippen LogP contribution is 2.33. The molecule has 7 nitrogen and oxygen atoms in total.